The first kappa shape index (κ1) is 32.7. The molecule has 2 N–H and O–H groups in total. The minimum absolute atomic E-state index is 0.143. The number of thiocarbonyl (C=S) groups is 1. The molecule has 2 unspecified atom stereocenters. The Hall–Kier alpha value is -3.84. The summed E-state index contributed by atoms with van der Waals surface area (Å²) >= 11 is 7.31. The Bertz CT molecular complexity index is 1360. The number of aliphatic hydroxyl groups excluding tert-OH is 1. The van der Waals surface area contributed by atoms with Crippen LogP contribution >= 0.6 is 35.7 Å². The van der Waals surface area contributed by atoms with Crippen molar-refractivity contribution in [3.05, 3.63) is 79.9 Å². The lowest BCUT2D eigenvalue weighted by atomic mass is 10.1. The van der Waals surface area contributed by atoms with Crippen molar-refractivity contribution in [1.29, 1.82) is 0 Å². The lowest BCUT2D eigenvalue weighted by Gasteiger charge is -2.46. The first-order chi connectivity index (χ1) is 19.9. The minimum Gasteiger partial charge on any atom is -0.457 e. The number of amides is 2. The maximum absolute atomic E-state index is 12.5. The number of esters is 1. The third kappa shape index (κ3) is 8.35. The molecule has 0 saturated carbocycles. The molecule has 1 saturated heterocycles. The van der Waals surface area contributed by atoms with E-state index >= 15 is 0 Å². The van der Waals surface area contributed by atoms with Gasteiger partial charge < -0.3 is 24.6 Å². The van der Waals surface area contributed by atoms with Gasteiger partial charge in [0.2, 0.25) is 6.23 Å². The van der Waals surface area contributed by atoms with Crippen molar-refractivity contribution in [2.75, 3.05) is 7.11 Å². The monoisotopic (exact) mass is 640 g/mol. The van der Waals surface area contributed by atoms with E-state index in [-0.39, 0.29) is 33.7 Å². The quantitative estimate of drug-likeness (QED) is 0.0856. The Morgan fingerprint density at radius 3 is 2.38 bits per heavy atom. The Balaban J connectivity index is 1.50. The number of thioether (sulfide) groups is 2. The predicted molar refractivity (Wildman–Crippen MR) is 154 cm³/mol. The number of non-ortho nitro benzene ring substituents is 1. The molecule has 15 nitrogen and oxygen atoms in total. The van der Waals surface area contributed by atoms with Gasteiger partial charge in [0.1, 0.15) is 22.1 Å². The van der Waals surface area contributed by atoms with Gasteiger partial charge in [0.25, 0.3) is 17.3 Å². The van der Waals surface area contributed by atoms with Crippen LogP contribution in [0.2, 0.25) is 0 Å². The number of hydrogen-bond donors (Lipinski definition) is 2. The number of nitro groups is 2. The van der Waals surface area contributed by atoms with E-state index in [4.69, 9.17) is 26.4 Å². The van der Waals surface area contributed by atoms with Crippen molar-refractivity contribution >= 4 is 68.6 Å². The van der Waals surface area contributed by atoms with Crippen LogP contribution in [-0.2, 0) is 37.0 Å². The molecule has 42 heavy (non-hydrogen) atoms. The van der Waals surface area contributed by atoms with E-state index in [0.29, 0.717) is 5.56 Å². The summed E-state index contributed by atoms with van der Waals surface area (Å²) in [5.74, 6) is -1.80. The predicted octanol–water partition coefficient (Wildman–Crippen LogP) is 3.07. The second-order valence-electron chi connectivity index (χ2n) is 8.43. The van der Waals surface area contributed by atoms with E-state index in [2.05, 4.69) is 5.32 Å². The van der Waals surface area contributed by atoms with E-state index in [0.717, 1.165) is 28.4 Å². The van der Waals surface area contributed by atoms with E-state index < -0.39 is 50.9 Å². The standard InChI is InChI=1S/C24H24N4O11S3/c1-13(25-23(32)39-12-15-5-3-4-6-17(15)28(35)36)41-24(40)42-21-18(37-2)19(29)26(21)20(30)22(31)38-11-14-7-9-16(10-8-14)27(33)34/h3-10,13,18,20-21,30H,11-12H2,1-2H3,(H,25,32)/t13?,18-,20?,21+/m0/s1. The number of β-lactam (4-membered cyclic amide) rings is 1. The van der Waals surface area contributed by atoms with Gasteiger partial charge in [-0.25, -0.2) is 9.59 Å². The summed E-state index contributed by atoms with van der Waals surface area (Å²) in [6, 6.07) is 11.1. The van der Waals surface area contributed by atoms with Gasteiger partial charge in [-0.2, -0.15) is 0 Å². The average molecular weight is 641 g/mol. The molecule has 2 aromatic rings. The van der Waals surface area contributed by atoms with Crippen molar-refractivity contribution in [3.63, 3.8) is 0 Å². The summed E-state index contributed by atoms with van der Waals surface area (Å²) in [7, 11) is 1.28. The number of nitrogens with zero attached hydrogens (tertiary/aromatic N) is 3. The molecular formula is C24H24N4O11S3. The average Bonchev–Trinajstić information content (AvgIpc) is 2.94. The maximum atomic E-state index is 12.5. The molecule has 0 radical (unpaired) electrons. The minimum atomic E-state index is -1.97. The van der Waals surface area contributed by atoms with Gasteiger partial charge >= 0.3 is 12.1 Å². The van der Waals surface area contributed by atoms with Gasteiger partial charge in [0.05, 0.1) is 20.8 Å². The van der Waals surface area contributed by atoms with Crippen molar-refractivity contribution in [2.45, 2.75) is 43.2 Å². The number of likely N-dealkylation sites (tertiary alicyclic amines) is 1. The molecule has 18 heteroatoms. The molecule has 2 aromatic carbocycles. The topological polar surface area (TPSA) is 201 Å². The number of hydrogen-bond acceptors (Lipinski definition) is 14. The number of ether oxygens (including phenoxy) is 3. The van der Waals surface area contributed by atoms with Gasteiger partial charge in [-0.1, -0.05) is 47.9 Å². The highest BCUT2D eigenvalue weighted by Crippen LogP contribution is 2.37. The van der Waals surface area contributed by atoms with Gasteiger partial charge in [-0.3, -0.25) is 29.9 Å². The van der Waals surface area contributed by atoms with Crippen molar-refractivity contribution in [3.8, 4) is 0 Å². The van der Waals surface area contributed by atoms with Crippen LogP contribution in [0.5, 0.6) is 0 Å². The van der Waals surface area contributed by atoms with Crippen LogP contribution in [0.1, 0.15) is 18.1 Å². The Kier molecular flexibility index (Phi) is 11.6. The second kappa shape index (κ2) is 14.9. The fourth-order valence-electron chi connectivity index (χ4n) is 3.57. The third-order valence-corrected chi connectivity index (χ3v) is 8.37. The fourth-order valence-corrected chi connectivity index (χ4v) is 6.58. The number of benzene rings is 2. The number of carbonyl (C=O) groups excluding carboxylic acids is 3. The smallest absolute Gasteiger partial charge is 0.408 e. The molecular weight excluding hydrogens is 616 g/mol. The largest absolute Gasteiger partial charge is 0.457 e. The summed E-state index contributed by atoms with van der Waals surface area (Å²) in [6.45, 7) is 0.977. The first-order valence-corrected chi connectivity index (χ1v) is 14.1. The number of carbonyl (C=O) groups is 3. The van der Waals surface area contributed by atoms with Crippen LogP contribution < -0.4 is 5.32 Å². The normalized spacial score (nSPS) is 17.4. The summed E-state index contributed by atoms with van der Waals surface area (Å²) < 4.78 is 15.5. The molecule has 3 rings (SSSR count). The molecule has 1 heterocycles. The second-order valence-corrected chi connectivity index (χ2v) is 12.1. The third-order valence-electron chi connectivity index (χ3n) is 5.65. The Morgan fingerprint density at radius 2 is 1.76 bits per heavy atom. The summed E-state index contributed by atoms with van der Waals surface area (Å²) in [5.41, 5.74) is 0.316. The molecule has 0 aromatic heterocycles. The van der Waals surface area contributed by atoms with E-state index in [1.165, 1.54) is 49.6 Å². The van der Waals surface area contributed by atoms with Crippen LogP contribution in [0, 0.1) is 20.2 Å². The lowest BCUT2D eigenvalue weighted by Crippen LogP contribution is -2.68. The molecule has 0 aliphatic carbocycles. The molecule has 0 spiro atoms. The molecule has 2 amide bonds. The van der Waals surface area contributed by atoms with Gasteiger partial charge in [0, 0.05) is 25.3 Å². The molecule has 1 fully saturated rings. The highest BCUT2D eigenvalue weighted by Gasteiger charge is 2.53. The number of aliphatic hydroxyl groups is 1. The van der Waals surface area contributed by atoms with Crippen LogP contribution in [0.15, 0.2) is 48.5 Å². The number of nitro benzene ring substituents is 2. The van der Waals surface area contributed by atoms with Crippen LogP contribution in [0.4, 0.5) is 16.2 Å². The zero-order valence-corrected chi connectivity index (χ0v) is 24.4. The highest BCUT2D eigenvalue weighted by molar-refractivity contribution is 8.47. The number of alkyl carbamates (subject to hydrolysis) is 1. The lowest BCUT2D eigenvalue weighted by molar-refractivity contribution is -0.385. The van der Waals surface area contributed by atoms with Crippen LogP contribution in [0.3, 0.4) is 0 Å². The highest BCUT2D eigenvalue weighted by atomic mass is 32.2. The Morgan fingerprint density at radius 1 is 1.10 bits per heavy atom. The van der Waals surface area contributed by atoms with E-state index in [1.807, 2.05) is 0 Å². The Labute approximate surface area is 252 Å². The summed E-state index contributed by atoms with van der Waals surface area (Å²) in [5, 5.41) is 33.4. The molecule has 1 aliphatic rings. The molecule has 0 bridgehead atoms. The van der Waals surface area contributed by atoms with Crippen LogP contribution in [0.25, 0.3) is 0 Å². The fraction of sp³-hybridized carbons (Fsp3) is 0.333. The maximum Gasteiger partial charge on any atom is 0.408 e. The van der Waals surface area contributed by atoms with Gasteiger partial charge in [-0.05, 0) is 30.7 Å². The summed E-state index contributed by atoms with van der Waals surface area (Å²) in [6.07, 6.45) is -3.83. The molecule has 224 valence electrons. The van der Waals surface area contributed by atoms with Crippen molar-refractivity contribution in [1.82, 2.24) is 10.2 Å². The zero-order chi connectivity index (χ0) is 31.0. The molecule has 1 aliphatic heterocycles. The first-order valence-electron chi connectivity index (χ1n) is 11.9. The number of methoxy groups -OCH3 is 1. The molecule has 4 atom stereocenters. The number of nitrogens with one attached hydrogen (secondary N) is 1. The summed E-state index contributed by atoms with van der Waals surface area (Å²) in [4.78, 5) is 58.7. The SMILES string of the molecule is CO[C@H]1C(=O)N(C(O)C(=O)OCc2ccc([N+](=O)[O-])cc2)[C@@H]1SC(=S)SC(C)NC(=O)OCc1ccccc1[N+](=O)[O-]. The van der Waals surface area contributed by atoms with Crippen molar-refractivity contribution in [2.24, 2.45) is 0 Å². The van der Waals surface area contributed by atoms with E-state index in [1.54, 1.807) is 13.0 Å². The number of rotatable bonds is 12. The number of para-hydroxylation sites is 1. The van der Waals surface area contributed by atoms with Gasteiger partial charge in [0.15, 0.2) is 6.10 Å². The van der Waals surface area contributed by atoms with E-state index in [9.17, 15) is 39.7 Å². The zero-order valence-electron chi connectivity index (χ0n) is 21.9. The van der Waals surface area contributed by atoms with Crippen LogP contribution in [-0.4, -0.2) is 71.5 Å². The van der Waals surface area contributed by atoms with Gasteiger partial charge in [-0.15, -0.1) is 0 Å². The van der Waals surface area contributed by atoms with Crippen molar-refractivity contribution < 1.29 is 43.5 Å².